The summed E-state index contributed by atoms with van der Waals surface area (Å²) in [5, 5.41) is 12.6. The van der Waals surface area contributed by atoms with Gasteiger partial charge in [-0.25, -0.2) is 13.2 Å². The number of anilines is 3. The highest BCUT2D eigenvalue weighted by Gasteiger charge is 2.17. The molecule has 0 aliphatic rings. The number of nitrogens with zero attached hydrogens (tertiary/aromatic N) is 2. The number of hydrogen-bond donors (Lipinski definition) is 2. The van der Waals surface area contributed by atoms with Crippen LogP contribution in [0.15, 0.2) is 48.5 Å². The molecule has 1 aromatic heterocycles. The van der Waals surface area contributed by atoms with Crippen LogP contribution in [-0.4, -0.2) is 21.9 Å². The van der Waals surface area contributed by atoms with Gasteiger partial charge < -0.3 is 10.6 Å². The molecule has 0 saturated carbocycles. The van der Waals surface area contributed by atoms with Crippen LogP contribution in [-0.2, 0) is 0 Å². The van der Waals surface area contributed by atoms with Gasteiger partial charge in [-0.2, -0.15) is 0 Å². The van der Waals surface area contributed by atoms with Crippen molar-refractivity contribution in [2.24, 2.45) is 0 Å². The fourth-order valence-electron chi connectivity index (χ4n) is 2.26. The maximum Gasteiger partial charge on any atom is 0.276 e. The molecule has 0 fully saturated rings. The van der Waals surface area contributed by atoms with E-state index in [1.165, 1.54) is 19.1 Å². The Kier molecular flexibility index (Phi) is 5.35. The molecule has 0 saturated heterocycles. The van der Waals surface area contributed by atoms with Gasteiger partial charge in [-0.05, 0) is 55.5 Å². The van der Waals surface area contributed by atoms with E-state index in [1.807, 2.05) is 0 Å². The van der Waals surface area contributed by atoms with E-state index in [-0.39, 0.29) is 11.5 Å². The van der Waals surface area contributed by atoms with E-state index in [9.17, 15) is 22.8 Å². The molecule has 3 aromatic rings. The fourth-order valence-corrected chi connectivity index (χ4v) is 2.26. The van der Waals surface area contributed by atoms with E-state index in [4.69, 9.17) is 0 Å². The first-order valence-corrected chi connectivity index (χ1v) is 8.02. The third-order valence-electron chi connectivity index (χ3n) is 3.74. The first-order valence-electron chi connectivity index (χ1n) is 8.02. The summed E-state index contributed by atoms with van der Waals surface area (Å²) in [6.45, 7) is 1.46. The molecule has 142 valence electrons. The topological polar surface area (TPSA) is 84.0 Å². The molecule has 0 radical (unpaired) electrons. The monoisotopic (exact) mass is 386 g/mol. The summed E-state index contributed by atoms with van der Waals surface area (Å²) >= 11 is 0. The normalized spacial score (nSPS) is 10.4. The predicted octanol–water partition coefficient (Wildman–Crippen LogP) is 4.09. The van der Waals surface area contributed by atoms with Crippen molar-refractivity contribution >= 4 is 28.9 Å². The van der Waals surface area contributed by atoms with Crippen molar-refractivity contribution in [1.29, 1.82) is 0 Å². The van der Waals surface area contributed by atoms with Crippen molar-refractivity contribution in [3.05, 3.63) is 77.2 Å². The quantitative estimate of drug-likeness (QED) is 0.510. The number of benzene rings is 2. The SMILES string of the molecule is CC(=O)c1ccc(Nc2ccc(C(=O)Nc3ccc(F)c(F)c3F)nn2)cc1. The molecule has 0 spiro atoms. The number of carbonyl (C=O) groups excluding carboxylic acids is 2. The molecular weight excluding hydrogens is 373 g/mol. The Labute approximate surface area is 157 Å². The van der Waals surface area contributed by atoms with Gasteiger partial charge in [0.15, 0.2) is 34.7 Å². The van der Waals surface area contributed by atoms with Gasteiger partial charge in [-0.15, -0.1) is 10.2 Å². The van der Waals surface area contributed by atoms with Crippen molar-refractivity contribution in [3.8, 4) is 0 Å². The smallest absolute Gasteiger partial charge is 0.276 e. The van der Waals surface area contributed by atoms with Gasteiger partial charge in [0.2, 0.25) is 0 Å². The van der Waals surface area contributed by atoms with Gasteiger partial charge in [0, 0.05) is 11.3 Å². The van der Waals surface area contributed by atoms with Crippen LogP contribution in [0.5, 0.6) is 0 Å². The van der Waals surface area contributed by atoms with Crippen molar-refractivity contribution in [2.45, 2.75) is 6.92 Å². The first kappa shape index (κ1) is 19.0. The minimum Gasteiger partial charge on any atom is -0.339 e. The summed E-state index contributed by atoms with van der Waals surface area (Å²) in [6.07, 6.45) is 0. The Balaban J connectivity index is 1.69. The third kappa shape index (κ3) is 4.14. The van der Waals surface area contributed by atoms with Crippen molar-refractivity contribution in [1.82, 2.24) is 10.2 Å². The minimum atomic E-state index is -1.68. The molecule has 2 aromatic carbocycles. The van der Waals surface area contributed by atoms with Crippen LogP contribution in [0.3, 0.4) is 0 Å². The Morgan fingerprint density at radius 1 is 0.857 bits per heavy atom. The summed E-state index contributed by atoms with van der Waals surface area (Å²) in [5.41, 5.74) is 0.550. The van der Waals surface area contributed by atoms with E-state index in [2.05, 4.69) is 20.8 Å². The molecule has 2 N–H and O–H groups in total. The lowest BCUT2D eigenvalue weighted by Gasteiger charge is -2.08. The predicted molar refractivity (Wildman–Crippen MR) is 96.0 cm³/mol. The third-order valence-corrected chi connectivity index (χ3v) is 3.74. The Morgan fingerprint density at radius 3 is 2.18 bits per heavy atom. The molecule has 28 heavy (non-hydrogen) atoms. The number of rotatable bonds is 5. The summed E-state index contributed by atoms with van der Waals surface area (Å²) in [7, 11) is 0. The van der Waals surface area contributed by atoms with Gasteiger partial charge in [0.25, 0.3) is 5.91 Å². The largest absolute Gasteiger partial charge is 0.339 e. The molecule has 1 amide bonds. The molecule has 0 aliphatic heterocycles. The van der Waals surface area contributed by atoms with Crippen LogP contribution in [0.25, 0.3) is 0 Å². The zero-order chi connectivity index (χ0) is 20.3. The Morgan fingerprint density at radius 2 is 1.57 bits per heavy atom. The average molecular weight is 386 g/mol. The molecule has 6 nitrogen and oxygen atoms in total. The molecule has 0 aliphatic carbocycles. The van der Waals surface area contributed by atoms with E-state index in [1.54, 1.807) is 24.3 Å². The highest BCUT2D eigenvalue weighted by Crippen LogP contribution is 2.20. The molecule has 0 atom stereocenters. The highest BCUT2D eigenvalue weighted by molar-refractivity contribution is 6.02. The molecule has 0 unspecified atom stereocenters. The number of halogens is 3. The second-order valence-corrected chi connectivity index (χ2v) is 5.74. The van der Waals surface area contributed by atoms with Gasteiger partial charge in [0.1, 0.15) is 0 Å². The van der Waals surface area contributed by atoms with Gasteiger partial charge >= 0.3 is 0 Å². The summed E-state index contributed by atoms with van der Waals surface area (Å²) < 4.78 is 39.8. The number of aromatic nitrogens is 2. The summed E-state index contributed by atoms with van der Waals surface area (Å²) in [4.78, 5) is 23.3. The van der Waals surface area contributed by atoms with Gasteiger partial charge in [-0.1, -0.05) is 0 Å². The standard InChI is InChI=1S/C19H13F3N4O2/c1-10(27)11-2-4-12(5-3-11)23-16-9-8-15(25-26-16)19(28)24-14-7-6-13(20)17(21)18(14)22/h2-9H,1H3,(H,23,26)(H,24,28). The number of nitrogens with one attached hydrogen (secondary N) is 2. The van der Waals surface area contributed by atoms with Gasteiger partial charge in [0.05, 0.1) is 5.69 Å². The summed E-state index contributed by atoms with van der Waals surface area (Å²) in [6, 6.07) is 11.1. The number of hydrogen-bond acceptors (Lipinski definition) is 5. The van der Waals surface area contributed by atoms with E-state index < -0.39 is 29.0 Å². The van der Waals surface area contributed by atoms with Crippen LogP contribution >= 0.6 is 0 Å². The number of carbonyl (C=O) groups is 2. The zero-order valence-corrected chi connectivity index (χ0v) is 14.5. The van der Waals surface area contributed by atoms with E-state index in [0.29, 0.717) is 23.1 Å². The lowest BCUT2D eigenvalue weighted by atomic mass is 10.1. The fraction of sp³-hybridized carbons (Fsp3) is 0.0526. The lowest BCUT2D eigenvalue weighted by molar-refractivity contribution is 0.101. The lowest BCUT2D eigenvalue weighted by Crippen LogP contribution is -2.16. The maximum absolute atomic E-state index is 13.6. The average Bonchev–Trinajstić information content (AvgIpc) is 2.69. The zero-order valence-electron chi connectivity index (χ0n) is 14.5. The van der Waals surface area contributed by atoms with Crippen molar-refractivity contribution in [3.63, 3.8) is 0 Å². The number of amides is 1. The molecule has 3 rings (SSSR count). The second kappa shape index (κ2) is 7.87. The Hall–Kier alpha value is -3.75. The van der Waals surface area contributed by atoms with Gasteiger partial charge in [-0.3, -0.25) is 9.59 Å². The Bertz CT molecular complexity index is 1040. The molecule has 9 heteroatoms. The van der Waals surface area contributed by atoms with Crippen molar-refractivity contribution < 1.29 is 22.8 Å². The highest BCUT2D eigenvalue weighted by atomic mass is 19.2. The van der Waals surface area contributed by atoms with Crippen molar-refractivity contribution in [2.75, 3.05) is 10.6 Å². The van der Waals surface area contributed by atoms with E-state index >= 15 is 0 Å². The molecule has 0 bridgehead atoms. The maximum atomic E-state index is 13.6. The minimum absolute atomic E-state index is 0.0563. The van der Waals surface area contributed by atoms with E-state index in [0.717, 1.165) is 6.07 Å². The second-order valence-electron chi connectivity index (χ2n) is 5.74. The number of Topliss-reactive ketones (excluding diaryl/α,β-unsaturated/α-hetero) is 1. The van der Waals surface area contributed by atoms with Crippen LogP contribution in [0.4, 0.5) is 30.4 Å². The first-order chi connectivity index (χ1) is 13.3. The van der Waals surface area contributed by atoms with Crippen LogP contribution in [0, 0.1) is 17.5 Å². The van der Waals surface area contributed by atoms with Crippen LogP contribution in [0.2, 0.25) is 0 Å². The number of ketones is 1. The molecule has 1 heterocycles. The van der Waals surface area contributed by atoms with Crippen LogP contribution in [0.1, 0.15) is 27.8 Å². The summed E-state index contributed by atoms with van der Waals surface area (Å²) in [5.74, 6) is -5.12. The molecular formula is C19H13F3N4O2. The van der Waals surface area contributed by atoms with Crippen LogP contribution < -0.4 is 10.6 Å².